The summed E-state index contributed by atoms with van der Waals surface area (Å²) in [6, 6.07) is 13.7. The molecule has 0 spiro atoms. The Bertz CT molecular complexity index is 1220. The first-order chi connectivity index (χ1) is 20.5. The van der Waals surface area contributed by atoms with Gasteiger partial charge >= 0.3 is 0 Å². The Morgan fingerprint density at radius 1 is 0.884 bits per heavy atom. The summed E-state index contributed by atoms with van der Waals surface area (Å²) in [4.78, 5) is 2.35. The maximum absolute atomic E-state index is 14.0. The van der Waals surface area contributed by atoms with E-state index in [1.165, 1.54) is 26.2 Å². The molecule has 2 atom stereocenters. The molecule has 1 heterocycles. The van der Waals surface area contributed by atoms with E-state index in [1.807, 2.05) is 55.4 Å². The number of hydrogen-bond donors (Lipinski definition) is 1. The normalized spacial score (nSPS) is 19.4. The van der Waals surface area contributed by atoms with Gasteiger partial charge in [0.05, 0.1) is 49.5 Å². The van der Waals surface area contributed by atoms with E-state index in [9.17, 15) is 13.5 Å². The average Bonchev–Trinajstić information content (AvgIpc) is 3.07. The molecule has 0 aliphatic carbocycles. The Morgan fingerprint density at radius 3 is 2.02 bits per heavy atom. The fraction of sp³-hybridized carbons (Fsp3) is 0.667. The van der Waals surface area contributed by atoms with Crippen LogP contribution in [0.15, 0.2) is 47.4 Å². The van der Waals surface area contributed by atoms with Crippen LogP contribution in [0.3, 0.4) is 0 Å². The van der Waals surface area contributed by atoms with Gasteiger partial charge in [-0.1, -0.05) is 51.7 Å². The molecular formula is C36H59N2O4S+. The minimum Gasteiger partial charge on any atom is -0.494 e. The lowest BCUT2D eigenvalue weighted by atomic mass is 9.68. The molecular weight excluding hydrogens is 556 g/mol. The molecule has 0 aromatic heterocycles. The van der Waals surface area contributed by atoms with Crippen molar-refractivity contribution in [1.29, 1.82) is 0 Å². The Kier molecular flexibility index (Phi) is 13.0. The highest BCUT2D eigenvalue weighted by molar-refractivity contribution is 7.91. The fourth-order valence-corrected chi connectivity index (χ4v) is 9.24. The first-order valence-electron chi connectivity index (χ1n) is 16.8. The molecule has 0 saturated heterocycles. The van der Waals surface area contributed by atoms with Crippen LogP contribution in [0.25, 0.3) is 0 Å². The van der Waals surface area contributed by atoms with Gasteiger partial charge in [0.1, 0.15) is 5.75 Å². The number of sulfone groups is 1. The molecule has 2 aromatic rings. The summed E-state index contributed by atoms with van der Waals surface area (Å²) in [5, 5.41) is 12.4. The van der Waals surface area contributed by atoms with Crippen LogP contribution in [-0.2, 0) is 9.84 Å². The maximum atomic E-state index is 14.0. The zero-order valence-corrected chi connectivity index (χ0v) is 28.9. The minimum atomic E-state index is -3.61. The van der Waals surface area contributed by atoms with E-state index < -0.39 is 27.3 Å². The monoisotopic (exact) mass is 615 g/mol. The van der Waals surface area contributed by atoms with E-state index in [2.05, 4.69) is 34.6 Å². The molecule has 0 saturated carbocycles. The molecule has 7 heteroatoms. The smallest absolute Gasteiger partial charge is 0.179 e. The van der Waals surface area contributed by atoms with E-state index >= 15 is 0 Å². The van der Waals surface area contributed by atoms with Crippen molar-refractivity contribution < 1.29 is 22.7 Å². The summed E-state index contributed by atoms with van der Waals surface area (Å²) >= 11 is 0. The van der Waals surface area contributed by atoms with Gasteiger partial charge in [-0.25, -0.2) is 8.42 Å². The number of nitrogens with zero attached hydrogens (tertiary/aromatic N) is 2. The lowest BCUT2D eigenvalue weighted by Crippen LogP contribution is -2.48. The van der Waals surface area contributed by atoms with Gasteiger partial charge in [-0.3, -0.25) is 0 Å². The van der Waals surface area contributed by atoms with Crippen LogP contribution in [0.1, 0.15) is 103 Å². The summed E-state index contributed by atoms with van der Waals surface area (Å²) in [7, 11) is 0.313. The van der Waals surface area contributed by atoms with Crippen LogP contribution < -0.4 is 9.64 Å². The van der Waals surface area contributed by atoms with Crippen molar-refractivity contribution in [2.24, 2.45) is 5.41 Å². The molecule has 1 aliphatic heterocycles. The number of fused-ring (bicyclic) bond motifs is 1. The molecule has 0 radical (unpaired) electrons. The van der Waals surface area contributed by atoms with Gasteiger partial charge in [0, 0.05) is 31.1 Å². The Morgan fingerprint density at radius 2 is 1.49 bits per heavy atom. The number of rotatable bonds is 17. The average molecular weight is 616 g/mol. The van der Waals surface area contributed by atoms with Gasteiger partial charge < -0.3 is 19.2 Å². The zero-order valence-electron chi connectivity index (χ0n) is 28.1. The topological polar surface area (TPSA) is 66.8 Å². The summed E-state index contributed by atoms with van der Waals surface area (Å²) < 4.78 is 35.4. The van der Waals surface area contributed by atoms with Crippen LogP contribution in [-0.4, -0.2) is 76.7 Å². The predicted molar refractivity (Wildman–Crippen MR) is 180 cm³/mol. The Labute approximate surface area is 263 Å². The third kappa shape index (κ3) is 8.34. The van der Waals surface area contributed by atoms with E-state index in [-0.39, 0.29) is 5.75 Å². The molecule has 3 rings (SSSR count). The van der Waals surface area contributed by atoms with Crippen LogP contribution in [0.4, 0.5) is 5.69 Å². The second kappa shape index (κ2) is 15.8. The highest BCUT2D eigenvalue weighted by Gasteiger charge is 2.49. The first kappa shape index (κ1) is 35.4. The summed E-state index contributed by atoms with van der Waals surface area (Å²) in [6.45, 7) is 16.5. The number of aliphatic hydroxyl groups excluding tert-OH is 1. The summed E-state index contributed by atoms with van der Waals surface area (Å²) in [5.74, 6) is 0.353. The number of unbranched alkanes of at least 4 members (excludes halogenated alkanes) is 3. The number of hydrogen-bond acceptors (Lipinski definition) is 5. The van der Waals surface area contributed by atoms with Crippen molar-refractivity contribution in [3.05, 3.63) is 53.6 Å². The zero-order chi connectivity index (χ0) is 31.7. The van der Waals surface area contributed by atoms with E-state index in [4.69, 9.17) is 4.74 Å². The van der Waals surface area contributed by atoms with Crippen molar-refractivity contribution in [3.63, 3.8) is 0 Å². The molecule has 242 valence electrons. The standard InChI is InChI=1S/C36H59N2O4S/c1-8-13-23-36(24-14-9-2)28-43(40,41)33-22-19-30(37(6)7)27-32(33)34(35(36)39)29-17-20-31(21-18-29)42-26-16-15-25-38(10-3,11-4)12-5/h17-22,27,34-35,39H,8-16,23-26,28H2,1-7H3/q+1/t34-,35?/m1/s1. The van der Waals surface area contributed by atoms with E-state index in [0.717, 1.165) is 60.0 Å². The molecule has 0 fully saturated rings. The van der Waals surface area contributed by atoms with Crippen molar-refractivity contribution in [3.8, 4) is 5.75 Å². The quantitative estimate of drug-likeness (QED) is 0.148. The van der Waals surface area contributed by atoms with Crippen LogP contribution in [0.2, 0.25) is 0 Å². The first-order valence-corrected chi connectivity index (χ1v) is 18.5. The molecule has 1 aliphatic rings. The lowest BCUT2D eigenvalue weighted by Gasteiger charge is -2.40. The van der Waals surface area contributed by atoms with Crippen molar-refractivity contribution in [2.45, 2.75) is 103 Å². The highest BCUT2D eigenvalue weighted by Crippen LogP contribution is 2.50. The van der Waals surface area contributed by atoms with Gasteiger partial charge in [-0.2, -0.15) is 0 Å². The number of benzene rings is 2. The van der Waals surface area contributed by atoms with Crippen molar-refractivity contribution >= 4 is 15.5 Å². The van der Waals surface area contributed by atoms with Crippen LogP contribution in [0.5, 0.6) is 5.75 Å². The highest BCUT2D eigenvalue weighted by atomic mass is 32.2. The van der Waals surface area contributed by atoms with Crippen LogP contribution in [0, 0.1) is 5.41 Å². The number of aliphatic hydroxyl groups is 1. The predicted octanol–water partition coefficient (Wildman–Crippen LogP) is 7.44. The fourth-order valence-electron chi connectivity index (χ4n) is 7.05. The molecule has 1 N–H and O–H groups in total. The second-order valence-corrected chi connectivity index (χ2v) is 15.0. The summed E-state index contributed by atoms with van der Waals surface area (Å²) in [6.07, 6.45) is 6.44. The van der Waals surface area contributed by atoms with Crippen LogP contribution >= 0.6 is 0 Å². The van der Waals surface area contributed by atoms with Gasteiger partial charge in [0.15, 0.2) is 9.84 Å². The number of anilines is 1. The third-order valence-electron chi connectivity index (χ3n) is 10.2. The van der Waals surface area contributed by atoms with E-state index in [0.29, 0.717) is 29.9 Å². The molecule has 0 bridgehead atoms. The summed E-state index contributed by atoms with van der Waals surface area (Å²) in [5.41, 5.74) is 1.86. The molecule has 2 aromatic carbocycles. The lowest BCUT2D eigenvalue weighted by molar-refractivity contribution is -0.923. The van der Waals surface area contributed by atoms with Crippen molar-refractivity contribution in [2.75, 3.05) is 57.5 Å². The van der Waals surface area contributed by atoms with Gasteiger partial charge in [0.25, 0.3) is 0 Å². The molecule has 43 heavy (non-hydrogen) atoms. The SMILES string of the molecule is CCCCC1(CCCC)CS(=O)(=O)c2ccc(N(C)C)cc2[C@@H](c2ccc(OCCCC[N+](CC)(CC)CC)cc2)C1O. The number of ether oxygens (including phenoxy) is 1. The van der Waals surface area contributed by atoms with Gasteiger partial charge in [-0.05, 0) is 87.9 Å². The van der Waals surface area contributed by atoms with Gasteiger partial charge in [-0.15, -0.1) is 0 Å². The maximum Gasteiger partial charge on any atom is 0.179 e. The molecule has 0 amide bonds. The minimum absolute atomic E-state index is 0.0126. The number of quaternary nitrogens is 1. The molecule has 6 nitrogen and oxygen atoms in total. The Hall–Kier alpha value is -2.09. The Balaban J connectivity index is 1.94. The second-order valence-electron chi connectivity index (χ2n) is 13.0. The van der Waals surface area contributed by atoms with Gasteiger partial charge in [0.2, 0.25) is 0 Å². The molecule has 1 unspecified atom stereocenters. The van der Waals surface area contributed by atoms with Crippen molar-refractivity contribution in [1.82, 2.24) is 0 Å². The van der Waals surface area contributed by atoms with E-state index in [1.54, 1.807) is 6.07 Å². The third-order valence-corrected chi connectivity index (χ3v) is 12.2. The largest absolute Gasteiger partial charge is 0.494 e.